The summed E-state index contributed by atoms with van der Waals surface area (Å²) in [5.74, 6) is 0.108. The van der Waals surface area contributed by atoms with Crippen LogP contribution in [0.25, 0.3) is 10.9 Å². The number of aromatic nitrogens is 1. The van der Waals surface area contributed by atoms with Gasteiger partial charge in [0.05, 0.1) is 24.8 Å². The van der Waals surface area contributed by atoms with Crippen LogP contribution in [0.15, 0.2) is 36.5 Å². The van der Waals surface area contributed by atoms with E-state index >= 15 is 0 Å². The molecule has 1 N–H and O–H groups in total. The minimum atomic E-state index is -3.48. The van der Waals surface area contributed by atoms with Gasteiger partial charge in [0, 0.05) is 30.6 Å². The van der Waals surface area contributed by atoms with Crippen LogP contribution >= 0.6 is 0 Å². The molecule has 6 nitrogen and oxygen atoms in total. The van der Waals surface area contributed by atoms with Crippen LogP contribution < -0.4 is 4.72 Å². The van der Waals surface area contributed by atoms with Gasteiger partial charge < -0.3 is 4.74 Å². The molecule has 3 rings (SSSR count). The van der Waals surface area contributed by atoms with Crippen molar-refractivity contribution in [3.05, 3.63) is 42.1 Å². The summed E-state index contributed by atoms with van der Waals surface area (Å²) in [5.41, 5.74) is 2.13. The summed E-state index contributed by atoms with van der Waals surface area (Å²) in [4.78, 5) is 4.39. The third kappa shape index (κ3) is 4.00. The Morgan fingerprint density at radius 2 is 1.96 bits per heavy atom. The zero-order valence-electron chi connectivity index (χ0n) is 14.7. The topological polar surface area (TPSA) is 71.5 Å². The lowest BCUT2D eigenvalue weighted by molar-refractivity contribution is 0.183. The summed E-state index contributed by atoms with van der Waals surface area (Å²) >= 11 is 0. The van der Waals surface area contributed by atoms with E-state index in [0.717, 1.165) is 17.3 Å². The quantitative estimate of drug-likeness (QED) is 0.816. The third-order valence-corrected chi connectivity index (χ3v) is 6.56. The second-order valence-electron chi connectivity index (χ2n) is 6.30. The zero-order valence-corrected chi connectivity index (χ0v) is 15.5. The number of fused-ring (bicyclic) bond motifs is 1. The molecule has 136 valence electrons. The SMILES string of the molecule is CCN(CC)S(=O)(=O)N[C@H]1COC[C@H]1Cc1ccnc2ccccc12. The van der Waals surface area contributed by atoms with E-state index in [0.29, 0.717) is 26.3 Å². The van der Waals surface area contributed by atoms with E-state index in [1.54, 1.807) is 0 Å². The van der Waals surface area contributed by atoms with Crippen molar-refractivity contribution < 1.29 is 13.2 Å². The van der Waals surface area contributed by atoms with Crippen LogP contribution in [0.3, 0.4) is 0 Å². The first-order valence-electron chi connectivity index (χ1n) is 8.73. The highest BCUT2D eigenvalue weighted by Crippen LogP contribution is 2.24. The van der Waals surface area contributed by atoms with Gasteiger partial charge in [0.15, 0.2) is 0 Å². The van der Waals surface area contributed by atoms with Crippen molar-refractivity contribution in [3.8, 4) is 0 Å². The molecule has 0 radical (unpaired) electrons. The Kier molecular flexibility index (Phi) is 5.68. The fourth-order valence-electron chi connectivity index (χ4n) is 3.37. The molecular formula is C18H25N3O3S. The number of hydrogen-bond acceptors (Lipinski definition) is 4. The smallest absolute Gasteiger partial charge is 0.279 e. The zero-order chi connectivity index (χ0) is 17.9. The van der Waals surface area contributed by atoms with Crippen LogP contribution in [-0.2, 0) is 21.4 Å². The van der Waals surface area contributed by atoms with Crippen molar-refractivity contribution >= 4 is 21.1 Å². The molecule has 7 heteroatoms. The molecule has 1 fully saturated rings. The minimum Gasteiger partial charge on any atom is -0.379 e. The Hall–Kier alpha value is -1.54. The lowest BCUT2D eigenvalue weighted by Gasteiger charge is -2.24. The van der Waals surface area contributed by atoms with E-state index in [9.17, 15) is 8.42 Å². The number of rotatable bonds is 7. The number of ether oxygens (including phenoxy) is 1. The van der Waals surface area contributed by atoms with E-state index in [1.165, 1.54) is 9.87 Å². The number of pyridine rings is 1. The predicted octanol–water partition coefficient (Wildman–Crippen LogP) is 1.97. The molecule has 0 aliphatic carbocycles. The lowest BCUT2D eigenvalue weighted by Crippen LogP contribution is -2.48. The molecule has 1 aromatic heterocycles. The summed E-state index contributed by atoms with van der Waals surface area (Å²) in [5, 5.41) is 1.11. The second-order valence-corrected chi connectivity index (χ2v) is 8.00. The Morgan fingerprint density at radius 1 is 1.20 bits per heavy atom. The molecule has 25 heavy (non-hydrogen) atoms. The Bertz CT molecular complexity index is 816. The van der Waals surface area contributed by atoms with Gasteiger partial charge in [-0.15, -0.1) is 0 Å². The first-order chi connectivity index (χ1) is 12.0. The monoisotopic (exact) mass is 363 g/mol. The van der Waals surface area contributed by atoms with Gasteiger partial charge in [0.25, 0.3) is 10.2 Å². The highest BCUT2D eigenvalue weighted by atomic mass is 32.2. The van der Waals surface area contributed by atoms with Crippen LogP contribution in [0.1, 0.15) is 19.4 Å². The van der Waals surface area contributed by atoms with E-state index in [4.69, 9.17) is 4.74 Å². The fraction of sp³-hybridized carbons (Fsp3) is 0.500. The van der Waals surface area contributed by atoms with Crippen molar-refractivity contribution in [1.29, 1.82) is 0 Å². The third-order valence-electron chi connectivity index (χ3n) is 4.77. The number of nitrogens with zero attached hydrogens (tertiary/aromatic N) is 2. The molecule has 1 aliphatic rings. The highest BCUT2D eigenvalue weighted by molar-refractivity contribution is 7.87. The van der Waals surface area contributed by atoms with E-state index < -0.39 is 10.2 Å². The van der Waals surface area contributed by atoms with Gasteiger partial charge >= 0.3 is 0 Å². The molecule has 2 aromatic rings. The summed E-state index contributed by atoms with van der Waals surface area (Å²) in [6.07, 6.45) is 2.57. The average molecular weight is 363 g/mol. The molecule has 1 aliphatic heterocycles. The molecular weight excluding hydrogens is 338 g/mol. The predicted molar refractivity (Wildman–Crippen MR) is 98.5 cm³/mol. The molecule has 0 spiro atoms. The number of para-hydroxylation sites is 1. The normalized spacial score (nSPS) is 21.2. The van der Waals surface area contributed by atoms with Gasteiger partial charge in [-0.1, -0.05) is 32.0 Å². The maximum Gasteiger partial charge on any atom is 0.279 e. The fourth-order valence-corrected chi connectivity index (χ4v) is 4.85. The van der Waals surface area contributed by atoms with Gasteiger partial charge in [-0.25, -0.2) is 0 Å². The van der Waals surface area contributed by atoms with Gasteiger partial charge in [-0.3, -0.25) is 4.98 Å². The summed E-state index contributed by atoms with van der Waals surface area (Å²) in [7, 11) is -3.48. The van der Waals surface area contributed by atoms with E-state index in [1.807, 2.05) is 44.3 Å². The van der Waals surface area contributed by atoms with Gasteiger partial charge in [-0.2, -0.15) is 17.4 Å². The summed E-state index contributed by atoms with van der Waals surface area (Å²) in [6.45, 7) is 5.57. The molecule has 0 amide bonds. The molecule has 2 heterocycles. The molecule has 2 atom stereocenters. The van der Waals surface area contributed by atoms with Crippen molar-refractivity contribution in [3.63, 3.8) is 0 Å². The Labute approximate surface area is 149 Å². The first kappa shape index (κ1) is 18.3. The number of nitrogens with one attached hydrogen (secondary N) is 1. The van der Waals surface area contributed by atoms with Crippen molar-refractivity contribution in [2.75, 3.05) is 26.3 Å². The number of benzene rings is 1. The molecule has 1 saturated heterocycles. The number of hydrogen-bond donors (Lipinski definition) is 1. The van der Waals surface area contributed by atoms with Crippen molar-refractivity contribution in [2.24, 2.45) is 5.92 Å². The van der Waals surface area contributed by atoms with Crippen molar-refractivity contribution in [1.82, 2.24) is 14.0 Å². The summed E-state index contributed by atoms with van der Waals surface area (Å²) < 4.78 is 34.9. The Morgan fingerprint density at radius 3 is 2.72 bits per heavy atom. The van der Waals surface area contributed by atoms with Crippen LogP contribution in [-0.4, -0.2) is 50.1 Å². The van der Waals surface area contributed by atoms with Gasteiger partial charge in [0.1, 0.15) is 0 Å². The highest BCUT2D eigenvalue weighted by Gasteiger charge is 2.33. The standard InChI is InChI=1S/C18H25N3O3S/c1-3-21(4-2)25(22,23)20-18-13-24-12-15(18)11-14-9-10-19-17-8-6-5-7-16(14)17/h5-10,15,18,20H,3-4,11-13H2,1-2H3/t15-,18+/m1/s1. The summed E-state index contributed by atoms with van der Waals surface area (Å²) in [6, 6.07) is 9.82. The molecule has 1 aromatic carbocycles. The minimum absolute atomic E-state index is 0.108. The van der Waals surface area contributed by atoms with Crippen LogP contribution in [0.5, 0.6) is 0 Å². The van der Waals surface area contributed by atoms with E-state index in [2.05, 4.69) is 15.8 Å². The van der Waals surface area contributed by atoms with Crippen LogP contribution in [0.4, 0.5) is 0 Å². The molecule has 0 bridgehead atoms. The average Bonchev–Trinajstić information content (AvgIpc) is 3.02. The van der Waals surface area contributed by atoms with E-state index in [-0.39, 0.29) is 12.0 Å². The van der Waals surface area contributed by atoms with Gasteiger partial charge in [-0.05, 0) is 24.1 Å². The largest absolute Gasteiger partial charge is 0.379 e. The van der Waals surface area contributed by atoms with Crippen LogP contribution in [0.2, 0.25) is 0 Å². The maximum absolute atomic E-state index is 12.5. The van der Waals surface area contributed by atoms with Crippen LogP contribution in [0, 0.1) is 5.92 Å². The first-order valence-corrected chi connectivity index (χ1v) is 10.2. The van der Waals surface area contributed by atoms with Crippen molar-refractivity contribution in [2.45, 2.75) is 26.3 Å². The molecule has 0 saturated carbocycles. The second kappa shape index (κ2) is 7.78. The lowest BCUT2D eigenvalue weighted by atomic mass is 9.93. The van der Waals surface area contributed by atoms with Gasteiger partial charge in [0.2, 0.25) is 0 Å². The Balaban J connectivity index is 1.78. The molecule has 0 unspecified atom stereocenters. The maximum atomic E-state index is 12.5.